The number of alkyl carbamates (subject to hydrolysis) is 1. The summed E-state index contributed by atoms with van der Waals surface area (Å²) in [5.41, 5.74) is 0.00216. The first-order valence-corrected chi connectivity index (χ1v) is 8.01. The molecule has 1 fully saturated rings. The molecule has 23 heavy (non-hydrogen) atoms. The van der Waals surface area contributed by atoms with Crippen LogP contribution in [0, 0.1) is 5.92 Å². The highest BCUT2D eigenvalue weighted by molar-refractivity contribution is 6.33. The predicted molar refractivity (Wildman–Crippen MR) is 88.1 cm³/mol. The summed E-state index contributed by atoms with van der Waals surface area (Å²) in [6, 6.07) is 4.55. The third kappa shape index (κ3) is 4.30. The standard InChI is InChI=1S/C16H19Cl2NO4/c1-16(2,3)23-15(22)19-12-7-10(14(20)21)13(12)9-6-8(17)4-5-11(9)18/h4-6,10,12-13H,7H2,1-3H3,(H,19,22)(H,20,21). The SMILES string of the molecule is CC(C)(C)OC(=O)NC1CC(C(=O)O)C1c1cc(Cl)ccc1Cl. The van der Waals surface area contributed by atoms with Gasteiger partial charge in [0.1, 0.15) is 5.60 Å². The van der Waals surface area contributed by atoms with E-state index in [1.165, 1.54) is 0 Å². The van der Waals surface area contributed by atoms with Crippen molar-refractivity contribution in [3.63, 3.8) is 0 Å². The van der Waals surface area contributed by atoms with Gasteiger partial charge in [-0.3, -0.25) is 4.79 Å². The predicted octanol–water partition coefficient (Wildman–Crippen LogP) is 4.07. The number of aliphatic carboxylic acids is 1. The van der Waals surface area contributed by atoms with Crippen LogP contribution in [0.2, 0.25) is 10.0 Å². The highest BCUT2D eigenvalue weighted by atomic mass is 35.5. The molecule has 5 nitrogen and oxygen atoms in total. The molecule has 0 aromatic heterocycles. The average Bonchev–Trinajstić information content (AvgIpc) is 2.35. The van der Waals surface area contributed by atoms with Crippen LogP contribution in [-0.4, -0.2) is 28.8 Å². The van der Waals surface area contributed by atoms with E-state index in [-0.39, 0.29) is 6.04 Å². The Labute approximate surface area is 144 Å². The molecule has 0 spiro atoms. The minimum Gasteiger partial charge on any atom is -0.481 e. The van der Waals surface area contributed by atoms with Gasteiger partial charge in [0.05, 0.1) is 5.92 Å². The number of carboxylic acid groups (broad SMARTS) is 1. The van der Waals surface area contributed by atoms with Crippen LogP contribution in [0.15, 0.2) is 18.2 Å². The van der Waals surface area contributed by atoms with Crippen molar-refractivity contribution in [3.05, 3.63) is 33.8 Å². The van der Waals surface area contributed by atoms with Gasteiger partial charge in [-0.25, -0.2) is 4.79 Å². The lowest BCUT2D eigenvalue weighted by Gasteiger charge is -2.43. The Balaban J connectivity index is 2.19. The largest absolute Gasteiger partial charge is 0.481 e. The molecule has 7 heteroatoms. The molecule has 1 amide bonds. The minimum absolute atomic E-state index is 0.322. The molecule has 0 saturated heterocycles. The van der Waals surface area contributed by atoms with E-state index in [1.807, 2.05) is 0 Å². The van der Waals surface area contributed by atoms with Crippen molar-refractivity contribution in [1.29, 1.82) is 0 Å². The summed E-state index contributed by atoms with van der Waals surface area (Å²) in [6.07, 6.45) is -0.253. The number of hydrogen-bond acceptors (Lipinski definition) is 3. The first-order valence-electron chi connectivity index (χ1n) is 7.26. The molecule has 3 unspecified atom stereocenters. The van der Waals surface area contributed by atoms with E-state index in [0.29, 0.717) is 22.0 Å². The van der Waals surface area contributed by atoms with Gasteiger partial charge in [0.15, 0.2) is 0 Å². The molecule has 1 aliphatic rings. The fourth-order valence-corrected chi connectivity index (χ4v) is 3.14. The number of hydrogen-bond donors (Lipinski definition) is 2. The fraction of sp³-hybridized carbons (Fsp3) is 0.500. The van der Waals surface area contributed by atoms with Crippen LogP contribution >= 0.6 is 23.2 Å². The molecular formula is C16H19Cl2NO4. The Morgan fingerprint density at radius 2 is 1.96 bits per heavy atom. The number of rotatable bonds is 3. The normalized spacial score (nSPS) is 23.8. The van der Waals surface area contributed by atoms with Gasteiger partial charge in [-0.15, -0.1) is 0 Å². The van der Waals surface area contributed by atoms with Gasteiger partial charge in [0.25, 0.3) is 0 Å². The van der Waals surface area contributed by atoms with E-state index in [4.69, 9.17) is 27.9 Å². The van der Waals surface area contributed by atoms with Gasteiger partial charge in [-0.2, -0.15) is 0 Å². The van der Waals surface area contributed by atoms with Gasteiger partial charge >= 0.3 is 12.1 Å². The van der Waals surface area contributed by atoms with Crippen LogP contribution in [0.1, 0.15) is 38.7 Å². The highest BCUT2D eigenvalue weighted by Crippen LogP contribution is 2.46. The zero-order valence-electron chi connectivity index (χ0n) is 13.1. The van der Waals surface area contributed by atoms with E-state index in [0.717, 1.165) is 0 Å². The molecule has 0 aliphatic heterocycles. The summed E-state index contributed by atoms with van der Waals surface area (Å²) >= 11 is 12.2. The van der Waals surface area contributed by atoms with E-state index in [1.54, 1.807) is 39.0 Å². The Bertz CT molecular complexity index is 627. The van der Waals surface area contributed by atoms with E-state index < -0.39 is 29.5 Å². The summed E-state index contributed by atoms with van der Waals surface area (Å²) in [4.78, 5) is 23.3. The number of benzene rings is 1. The maximum atomic E-state index is 11.9. The summed E-state index contributed by atoms with van der Waals surface area (Å²) < 4.78 is 5.22. The molecule has 3 atom stereocenters. The van der Waals surface area contributed by atoms with Gasteiger partial charge in [-0.05, 0) is 51.0 Å². The van der Waals surface area contributed by atoms with Crippen molar-refractivity contribution in [2.75, 3.05) is 0 Å². The van der Waals surface area contributed by atoms with Crippen molar-refractivity contribution in [1.82, 2.24) is 5.32 Å². The number of carbonyl (C=O) groups is 2. The van der Waals surface area contributed by atoms with Crippen molar-refractivity contribution in [3.8, 4) is 0 Å². The lowest BCUT2D eigenvalue weighted by Crippen LogP contribution is -2.54. The molecule has 2 N–H and O–H groups in total. The lowest BCUT2D eigenvalue weighted by atomic mass is 9.66. The zero-order chi connectivity index (χ0) is 17.4. The van der Waals surface area contributed by atoms with Crippen LogP contribution < -0.4 is 5.32 Å². The van der Waals surface area contributed by atoms with E-state index in [9.17, 15) is 14.7 Å². The summed E-state index contributed by atoms with van der Waals surface area (Å²) in [6.45, 7) is 5.29. The van der Waals surface area contributed by atoms with E-state index >= 15 is 0 Å². The Morgan fingerprint density at radius 3 is 2.52 bits per heavy atom. The Kier molecular flexibility index (Phi) is 5.11. The fourth-order valence-electron chi connectivity index (χ4n) is 2.72. The van der Waals surface area contributed by atoms with Crippen molar-refractivity contribution >= 4 is 35.3 Å². The summed E-state index contributed by atoms with van der Waals surface area (Å²) in [5.74, 6) is -1.98. The number of amides is 1. The Hall–Kier alpha value is -1.46. The third-order valence-electron chi connectivity index (χ3n) is 3.71. The molecule has 0 radical (unpaired) electrons. The Morgan fingerprint density at radius 1 is 1.30 bits per heavy atom. The van der Waals surface area contributed by atoms with Gasteiger partial charge < -0.3 is 15.2 Å². The molecule has 126 valence electrons. The zero-order valence-corrected chi connectivity index (χ0v) is 14.6. The smallest absolute Gasteiger partial charge is 0.407 e. The third-order valence-corrected chi connectivity index (χ3v) is 4.29. The first-order chi connectivity index (χ1) is 10.6. The summed E-state index contributed by atoms with van der Waals surface area (Å²) in [7, 11) is 0. The van der Waals surface area contributed by atoms with Gasteiger partial charge in [-0.1, -0.05) is 23.2 Å². The molecule has 1 aromatic carbocycles. The molecule has 1 aromatic rings. The van der Waals surface area contributed by atoms with Crippen molar-refractivity contribution in [2.24, 2.45) is 5.92 Å². The quantitative estimate of drug-likeness (QED) is 0.852. The molecule has 0 bridgehead atoms. The van der Waals surface area contributed by atoms with Crippen LogP contribution in [0.4, 0.5) is 4.79 Å². The highest BCUT2D eigenvalue weighted by Gasteiger charge is 2.48. The van der Waals surface area contributed by atoms with Gasteiger partial charge in [0.2, 0.25) is 0 Å². The number of carbonyl (C=O) groups excluding carboxylic acids is 1. The second-order valence-electron chi connectivity index (χ2n) is 6.62. The average molecular weight is 360 g/mol. The van der Waals surface area contributed by atoms with Crippen LogP contribution in [0.3, 0.4) is 0 Å². The second-order valence-corrected chi connectivity index (χ2v) is 7.47. The maximum absolute atomic E-state index is 11.9. The molecule has 1 aliphatic carbocycles. The van der Waals surface area contributed by atoms with Crippen molar-refractivity contribution in [2.45, 2.75) is 44.8 Å². The van der Waals surface area contributed by atoms with Crippen LogP contribution in [0.5, 0.6) is 0 Å². The maximum Gasteiger partial charge on any atom is 0.407 e. The molecule has 1 saturated carbocycles. The topological polar surface area (TPSA) is 75.6 Å². The van der Waals surface area contributed by atoms with E-state index in [2.05, 4.69) is 5.32 Å². The lowest BCUT2D eigenvalue weighted by molar-refractivity contribution is -0.146. The minimum atomic E-state index is -0.923. The van der Waals surface area contributed by atoms with Gasteiger partial charge in [0, 0.05) is 22.0 Å². The van der Waals surface area contributed by atoms with Crippen molar-refractivity contribution < 1.29 is 19.4 Å². The number of ether oxygens (including phenoxy) is 1. The number of nitrogens with one attached hydrogen (secondary N) is 1. The molecular weight excluding hydrogens is 341 g/mol. The van der Waals surface area contributed by atoms with Crippen LogP contribution in [0.25, 0.3) is 0 Å². The van der Waals surface area contributed by atoms with Crippen LogP contribution in [-0.2, 0) is 9.53 Å². The summed E-state index contributed by atoms with van der Waals surface area (Å²) in [5, 5.41) is 13.0. The monoisotopic (exact) mass is 359 g/mol. The molecule has 2 rings (SSSR count). The first kappa shape index (κ1) is 17.9. The second kappa shape index (κ2) is 6.57. The number of carboxylic acids is 1. The number of halogens is 2. The molecule has 0 heterocycles.